The SMILES string of the molecule is CC(C)NC(=O)CNC(=O)c1ccccc1NC(C)C. The molecule has 0 radical (unpaired) electrons. The third kappa shape index (κ3) is 5.30. The maximum Gasteiger partial charge on any atom is 0.253 e. The molecular formula is C15H23N3O2. The standard InChI is InChI=1S/C15H23N3O2/c1-10(2)17-13-8-6-5-7-12(13)15(20)16-9-14(19)18-11(3)4/h5-8,10-11,17H,9H2,1-4H3,(H,16,20)(H,18,19). The minimum Gasteiger partial charge on any atom is -0.382 e. The number of rotatable bonds is 6. The van der Waals surface area contributed by atoms with E-state index < -0.39 is 0 Å². The van der Waals surface area contributed by atoms with Crippen molar-refractivity contribution in [3.05, 3.63) is 29.8 Å². The van der Waals surface area contributed by atoms with Crippen LogP contribution in [0.3, 0.4) is 0 Å². The Balaban J connectivity index is 2.66. The van der Waals surface area contributed by atoms with Gasteiger partial charge in [-0.25, -0.2) is 0 Å². The number of hydrogen-bond acceptors (Lipinski definition) is 3. The maximum absolute atomic E-state index is 12.1. The lowest BCUT2D eigenvalue weighted by Crippen LogP contribution is -2.40. The Morgan fingerprint density at radius 3 is 2.30 bits per heavy atom. The van der Waals surface area contributed by atoms with E-state index in [4.69, 9.17) is 0 Å². The van der Waals surface area contributed by atoms with Gasteiger partial charge in [0.05, 0.1) is 12.1 Å². The second-order valence-electron chi connectivity index (χ2n) is 5.25. The molecular weight excluding hydrogens is 254 g/mol. The smallest absolute Gasteiger partial charge is 0.253 e. The van der Waals surface area contributed by atoms with Gasteiger partial charge in [-0.2, -0.15) is 0 Å². The molecule has 1 aromatic carbocycles. The van der Waals surface area contributed by atoms with Gasteiger partial charge in [0.15, 0.2) is 0 Å². The van der Waals surface area contributed by atoms with Crippen LogP contribution in [-0.2, 0) is 4.79 Å². The molecule has 0 heterocycles. The van der Waals surface area contributed by atoms with Crippen molar-refractivity contribution in [1.82, 2.24) is 10.6 Å². The Morgan fingerprint density at radius 1 is 1.05 bits per heavy atom. The summed E-state index contributed by atoms with van der Waals surface area (Å²) in [5.74, 6) is -0.449. The zero-order valence-corrected chi connectivity index (χ0v) is 12.5. The maximum atomic E-state index is 12.1. The summed E-state index contributed by atoms with van der Waals surface area (Å²) in [6.07, 6.45) is 0. The highest BCUT2D eigenvalue weighted by atomic mass is 16.2. The Kier molecular flexibility index (Phi) is 6.03. The molecule has 0 fully saturated rings. The van der Waals surface area contributed by atoms with Crippen molar-refractivity contribution >= 4 is 17.5 Å². The number of benzene rings is 1. The zero-order chi connectivity index (χ0) is 15.1. The summed E-state index contributed by atoms with van der Waals surface area (Å²) < 4.78 is 0. The molecule has 0 aliphatic carbocycles. The molecule has 0 saturated carbocycles. The monoisotopic (exact) mass is 277 g/mol. The van der Waals surface area contributed by atoms with Crippen molar-refractivity contribution in [1.29, 1.82) is 0 Å². The molecule has 0 aromatic heterocycles. The molecule has 0 atom stereocenters. The molecule has 0 unspecified atom stereocenters. The highest BCUT2D eigenvalue weighted by Crippen LogP contribution is 2.15. The minimum absolute atomic E-state index is 0.0208. The fourth-order valence-electron chi connectivity index (χ4n) is 1.75. The van der Waals surface area contributed by atoms with E-state index in [0.29, 0.717) is 5.56 Å². The number of para-hydroxylation sites is 1. The first-order valence-corrected chi connectivity index (χ1v) is 6.83. The van der Waals surface area contributed by atoms with Gasteiger partial charge in [-0.15, -0.1) is 0 Å². The van der Waals surface area contributed by atoms with Crippen LogP contribution in [0.5, 0.6) is 0 Å². The van der Waals surface area contributed by atoms with Crippen LogP contribution < -0.4 is 16.0 Å². The largest absolute Gasteiger partial charge is 0.382 e. The van der Waals surface area contributed by atoms with Crippen LogP contribution in [0.25, 0.3) is 0 Å². The van der Waals surface area contributed by atoms with Crippen molar-refractivity contribution < 1.29 is 9.59 Å². The van der Waals surface area contributed by atoms with Gasteiger partial charge in [-0.3, -0.25) is 9.59 Å². The fraction of sp³-hybridized carbons (Fsp3) is 0.467. The van der Waals surface area contributed by atoms with Gasteiger partial charge in [0.1, 0.15) is 0 Å². The van der Waals surface area contributed by atoms with Gasteiger partial charge >= 0.3 is 0 Å². The molecule has 20 heavy (non-hydrogen) atoms. The summed E-state index contributed by atoms with van der Waals surface area (Å²) in [6.45, 7) is 7.74. The average molecular weight is 277 g/mol. The minimum atomic E-state index is -0.257. The predicted octanol–water partition coefficient (Wildman–Crippen LogP) is 1.76. The molecule has 1 rings (SSSR count). The summed E-state index contributed by atoms with van der Waals surface area (Å²) in [4.78, 5) is 23.6. The number of amides is 2. The molecule has 0 aliphatic heterocycles. The van der Waals surface area contributed by atoms with Crippen LogP contribution >= 0.6 is 0 Å². The predicted molar refractivity (Wildman–Crippen MR) is 80.8 cm³/mol. The number of carbonyl (C=O) groups excluding carboxylic acids is 2. The number of anilines is 1. The molecule has 0 aliphatic rings. The average Bonchev–Trinajstić information content (AvgIpc) is 2.35. The van der Waals surface area contributed by atoms with Crippen molar-refractivity contribution in [2.24, 2.45) is 0 Å². The molecule has 0 bridgehead atoms. The van der Waals surface area contributed by atoms with Crippen LogP contribution in [0.1, 0.15) is 38.1 Å². The van der Waals surface area contributed by atoms with Crippen LogP contribution in [0.4, 0.5) is 5.69 Å². The zero-order valence-electron chi connectivity index (χ0n) is 12.5. The quantitative estimate of drug-likeness (QED) is 0.742. The third-order valence-electron chi connectivity index (χ3n) is 2.48. The summed E-state index contributed by atoms with van der Waals surface area (Å²) in [5.41, 5.74) is 1.31. The van der Waals surface area contributed by atoms with E-state index in [-0.39, 0.29) is 30.4 Å². The first-order valence-electron chi connectivity index (χ1n) is 6.83. The summed E-state index contributed by atoms with van der Waals surface area (Å²) in [5, 5.41) is 8.57. The van der Waals surface area contributed by atoms with Gasteiger partial charge in [-0.05, 0) is 39.8 Å². The van der Waals surface area contributed by atoms with Crippen LogP contribution in [-0.4, -0.2) is 30.4 Å². The summed E-state index contributed by atoms with van der Waals surface area (Å²) >= 11 is 0. The van der Waals surface area contributed by atoms with E-state index in [1.165, 1.54) is 0 Å². The molecule has 5 nitrogen and oxygen atoms in total. The molecule has 0 spiro atoms. The number of nitrogens with one attached hydrogen (secondary N) is 3. The molecule has 110 valence electrons. The van der Waals surface area contributed by atoms with E-state index in [2.05, 4.69) is 16.0 Å². The first-order chi connectivity index (χ1) is 9.40. The van der Waals surface area contributed by atoms with E-state index in [9.17, 15) is 9.59 Å². The topological polar surface area (TPSA) is 70.2 Å². The van der Waals surface area contributed by atoms with Crippen LogP contribution in [0, 0.1) is 0 Å². The lowest BCUT2D eigenvalue weighted by molar-refractivity contribution is -0.120. The summed E-state index contributed by atoms with van der Waals surface area (Å²) in [7, 11) is 0. The highest BCUT2D eigenvalue weighted by molar-refractivity contribution is 6.01. The van der Waals surface area contributed by atoms with Crippen molar-refractivity contribution in [2.75, 3.05) is 11.9 Å². The third-order valence-corrected chi connectivity index (χ3v) is 2.48. The van der Waals surface area contributed by atoms with Crippen molar-refractivity contribution in [2.45, 2.75) is 39.8 Å². The summed E-state index contributed by atoms with van der Waals surface area (Å²) in [6, 6.07) is 7.55. The van der Waals surface area contributed by atoms with Crippen molar-refractivity contribution in [3.63, 3.8) is 0 Å². The van der Waals surface area contributed by atoms with Gasteiger partial charge in [0.2, 0.25) is 5.91 Å². The van der Waals surface area contributed by atoms with E-state index in [1.54, 1.807) is 12.1 Å². The molecule has 5 heteroatoms. The van der Waals surface area contributed by atoms with Crippen LogP contribution in [0.15, 0.2) is 24.3 Å². The van der Waals surface area contributed by atoms with E-state index in [1.807, 2.05) is 39.8 Å². The molecule has 1 aromatic rings. The number of carbonyl (C=O) groups is 2. The Morgan fingerprint density at radius 2 is 1.70 bits per heavy atom. The van der Waals surface area contributed by atoms with Gasteiger partial charge in [-0.1, -0.05) is 12.1 Å². The van der Waals surface area contributed by atoms with E-state index in [0.717, 1.165) is 5.69 Å². The van der Waals surface area contributed by atoms with Gasteiger partial charge in [0.25, 0.3) is 5.91 Å². The second kappa shape index (κ2) is 7.53. The lowest BCUT2D eigenvalue weighted by Gasteiger charge is -2.15. The second-order valence-corrected chi connectivity index (χ2v) is 5.25. The normalized spacial score (nSPS) is 10.5. The Bertz CT molecular complexity index is 470. The van der Waals surface area contributed by atoms with Gasteiger partial charge in [0, 0.05) is 17.8 Å². The van der Waals surface area contributed by atoms with Gasteiger partial charge < -0.3 is 16.0 Å². The highest BCUT2D eigenvalue weighted by Gasteiger charge is 2.12. The molecule has 3 N–H and O–H groups in total. The van der Waals surface area contributed by atoms with Crippen LogP contribution in [0.2, 0.25) is 0 Å². The Labute approximate surface area is 120 Å². The lowest BCUT2D eigenvalue weighted by atomic mass is 10.1. The first kappa shape index (κ1) is 16.0. The molecule has 2 amide bonds. The van der Waals surface area contributed by atoms with E-state index >= 15 is 0 Å². The fourth-order valence-corrected chi connectivity index (χ4v) is 1.75. The van der Waals surface area contributed by atoms with Crippen molar-refractivity contribution in [3.8, 4) is 0 Å². The molecule has 0 saturated heterocycles. The Hall–Kier alpha value is -2.04. The number of hydrogen-bond donors (Lipinski definition) is 3.